The first kappa shape index (κ1) is 23.4. The normalized spacial score (nSPS) is 53.8. The Hall–Kier alpha value is -0.300. The molecule has 4 fully saturated rings. The van der Waals surface area contributed by atoms with Gasteiger partial charge in [0.05, 0.1) is 6.10 Å². The molecule has 0 heterocycles. The van der Waals surface area contributed by atoms with Gasteiger partial charge in [0.2, 0.25) is 0 Å². The van der Waals surface area contributed by atoms with Gasteiger partial charge in [-0.3, -0.25) is 0 Å². The monoisotopic (exact) mass is 440 g/mol. The Kier molecular flexibility index (Phi) is 5.05. The number of hydrogen-bond acceptors (Lipinski definition) is 1. The molecule has 0 spiro atoms. The summed E-state index contributed by atoms with van der Waals surface area (Å²) in [6.07, 6.45) is 17.1. The standard InChI is InChI=1S/C31H52O/c1-26(2)16-17-28(5)18-19-30(7)22-10-11-23-27(3,4)25(32-9)13-14-29(23,6)21(22)12-15-31(30,8)24(28)20-26/h12,22-25H,10-11,13-20H2,1-9H3. The van der Waals surface area contributed by atoms with E-state index in [1.165, 1.54) is 64.2 Å². The lowest BCUT2D eigenvalue weighted by molar-refractivity contribution is -0.187. The molecule has 1 nitrogen and oxygen atoms in total. The van der Waals surface area contributed by atoms with Crippen molar-refractivity contribution in [1.82, 2.24) is 0 Å². The van der Waals surface area contributed by atoms with Gasteiger partial charge in [-0.15, -0.1) is 0 Å². The van der Waals surface area contributed by atoms with E-state index in [0.717, 1.165) is 17.8 Å². The molecular formula is C31H52O. The number of allylic oxidation sites excluding steroid dienone is 2. The molecule has 0 saturated heterocycles. The molecule has 0 aromatic heterocycles. The fraction of sp³-hybridized carbons (Fsp3) is 0.935. The third-order valence-corrected chi connectivity index (χ3v) is 13.3. The molecule has 1 heteroatoms. The number of hydrogen-bond donors (Lipinski definition) is 0. The van der Waals surface area contributed by atoms with E-state index in [2.05, 4.69) is 61.5 Å². The van der Waals surface area contributed by atoms with Crippen LogP contribution in [0.1, 0.15) is 120 Å². The van der Waals surface area contributed by atoms with Gasteiger partial charge in [0.15, 0.2) is 0 Å². The van der Waals surface area contributed by atoms with Gasteiger partial charge in [-0.25, -0.2) is 0 Å². The van der Waals surface area contributed by atoms with Crippen molar-refractivity contribution < 1.29 is 4.74 Å². The minimum atomic E-state index is 0.272. The zero-order valence-electron chi connectivity index (χ0n) is 22.9. The van der Waals surface area contributed by atoms with Gasteiger partial charge in [-0.05, 0) is 114 Å². The predicted octanol–water partition coefficient (Wildman–Crippen LogP) is 8.82. The lowest BCUT2D eigenvalue weighted by atomic mass is 9.34. The Morgan fingerprint density at radius 2 is 1.44 bits per heavy atom. The molecule has 5 aliphatic carbocycles. The van der Waals surface area contributed by atoms with Crippen molar-refractivity contribution >= 4 is 0 Å². The Bertz CT molecular complexity index is 805. The molecular weight excluding hydrogens is 388 g/mol. The maximum atomic E-state index is 6.03. The highest BCUT2D eigenvalue weighted by Gasteiger charge is 2.67. The third kappa shape index (κ3) is 2.85. The number of rotatable bonds is 1. The minimum Gasteiger partial charge on any atom is -0.381 e. The van der Waals surface area contributed by atoms with Crippen LogP contribution in [0.4, 0.5) is 0 Å². The lowest BCUT2D eigenvalue weighted by Crippen LogP contribution is -2.63. The van der Waals surface area contributed by atoms with Crippen molar-refractivity contribution in [2.75, 3.05) is 7.11 Å². The predicted molar refractivity (Wildman–Crippen MR) is 136 cm³/mol. The smallest absolute Gasteiger partial charge is 0.0625 e. The Balaban J connectivity index is 1.56. The second-order valence-electron chi connectivity index (χ2n) is 15.5. The topological polar surface area (TPSA) is 9.23 Å². The molecule has 0 aromatic rings. The summed E-state index contributed by atoms with van der Waals surface area (Å²) in [6.45, 7) is 20.9. The van der Waals surface area contributed by atoms with Crippen LogP contribution in [-0.4, -0.2) is 13.2 Å². The van der Waals surface area contributed by atoms with E-state index in [-0.39, 0.29) is 5.41 Å². The van der Waals surface area contributed by atoms with Gasteiger partial charge in [0.1, 0.15) is 0 Å². The number of fused-ring (bicyclic) bond motifs is 7. The highest BCUT2D eigenvalue weighted by Crippen LogP contribution is 2.75. The second kappa shape index (κ2) is 6.89. The SMILES string of the molecule is COC1CCC2(C)C3=CCC4(C)C5CC(C)(C)CCC5(C)CCC4(C)C3CCC2C1(C)C. The fourth-order valence-electron chi connectivity index (χ4n) is 10.9. The van der Waals surface area contributed by atoms with E-state index in [9.17, 15) is 0 Å². The van der Waals surface area contributed by atoms with E-state index < -0.39 is 0 Å². The molecule has 0 bridgehead atoms. The average molecular weight is 441 g/mol. The Morgan fingerprint density at radius 3 is 2.12 bits per heavy atom. The maximum Gasteiger partial charge on any atom is 0.0625 e. The van der Waals surface area contributed by atoms with E-state index in [4.69, 9.17) is 4.74 Å². The van der Waals surface area contributed by atoms with E-state index in [1.807, 2.05) is 12.7 Å². The maximum absolute atomic E-state index is 6.03. The van der Waals surface area contributed by atoms with Crippen LogP contribution in [0.5, 0.6) is 0 Å². The summed E-state index contributed by atoms with van der Waals surface area (Å²) in [5.41, 5.74) is 4.52. The molecule has 0 N–H and O–H groups in total. The van der Waals surface area contributed by atoms with Crippen molar-refractivity contribution in [1.29, 1.82) is 0 Å². The van der Waals surface area contributed by atoms with Gasteiger partial charge in [0, 0.05) is 7.11 Å². The molecule has 0 amide bonds. The summed E-state index contributed by atoms with van der Waals surface area (Å²) in [5, 5.41) is 0. The third-order valence-electron chi connectivity index (χ3n) is 13.3. The first-order chi connectivity index (χ1) is 14.7. The van der Waals surface area contributed by atoms with Crippen LogP contribution in [0.15, 0.2) is 11.6 Å². The van der Waals surface area contributed by atoms with Gasteiger partial charge >= 0.3 is 0 Å². The first-order valence-electron chi connectivity index (χ1n) is 14.0. The van der Waals surface area contributed by atoms with Crippen LogP contribution < -0.4 is 0 Å². The van der Waals surface area contributed by atoms with Gasteiger partial charge in [0.25, 0.3) is 0 Å². The van der Waals surface area contributed by atoms with Crippen molar-refractivity contribution in [3.05, 3.63) is 11.6 Å². The summed E-state index contributed by atoms with van der Waals surface area (Å²) in [6, 6.07) is 0. The quantitative estimate of drug-likeness (QED) is 0.370. The summed E-state index contributed by atoms with van der Waals surface area (Å²) >= 11 is 0. The molecule has 4 saturated carbocycles. The van der Waals surface area contributed by atoms with Crippen molar-refractivity contribution in [2.45, 2.75) is 126 Å². The van der Waals surface area contributed by atoms with Crippen LogP contribution in [-0.2, 0) is 4.74 Å². The molecule has 0 radical (unpaired) electrons. The average Bonchev–Trinajstić information content (AvgIpc) is 2.71. The summed E-state index contributed by atoms with van der Waals surface area (Å²) in [4.78, 5) is 0. The fourth-order valence-corrected chi connectivity index (χ4v) is 10.9. The van der Waals surface area contributed by atoms with Crippen molar-refractivity contribution in [2.24, 2.45) is 50.2 Å². The highest BCUT2D eigenvalue weighted by atomic mass is 16.5. The molecule has 182 valence electrons. The summed E-state index contributed by atoms with van der Waals surface area (Å²) < 4.78 is 6.03. The first-order valence-corrected chi connectivity index (χ1v) is 14.0. The van der Waals surface area contributed by atoms with Crippen molar-refractivity contribution in [3.8, 4) is 0 Å². The Labute approximate surface area is 199 Å². The minimum absolute atomic E-state index is 0.272. The molecule has 8 unspecified atom stereocenters. The Morgan fingerprint density at radius 1 is 0.750 bits per heavy atom. The number of methoxy groups -OCH3 is 1. The lowest BCUT2D eigenvalue weighted by Gasteiger charge is -2.71. The molecule has 0 aromatic carbocycles. The van der Waals surface area contributed by atoms with Gasteiger partial charge in [-0.1, -0.05) is 67.0 Å². The van der Waals surface area contributed by atoms with Gasteiger partial charge < -0.3 is 4.74 Å². The van der Waals surface area contributed by atoms with E-state index in [1.54, 1.807) is 0 Å². The number of ether oxygens (including phenoxy) is 1. The largest absolute Gasteiger partial charge is 0.381 e. The highest BCUT2D eigenvalue weighted by molar-refractivity contribution is 5.33. The second-order valence-corrected chi connectivity index (χ2v) is 15.5. The van der Waals surface area contributed by atoms with Crippen LogP contribution in [0.25, 0.3) is 0 Å². The van der Waals surface area contributed by atoms with E-state index in [0.29, 0.717) is 33.2 Å². The van der Waals surface area contributed by atoms with Crippen LogP contribution in [0, 0.1) is 50.2 Å². The summed E-state index contributed by atoms with van der Waals surface area (Å²) in [5.74, 6) is 2.43. The van der Waals surface area contributed by atoms with E-state index >= 15 is 0 Å². The summed E-state index contributed by atoms with van der Waals surface area (Å²) in [7, 11) is 1.94. The molecule has 0 aliphatic heterocycles. The van der Waals surface area contributed by atoms with Gasteiger partial charge in [-0.2, -0.15) is 0 Å². The van der Waals surface area contributed by atoms with Crippen LogP contribution in [0.3, 0.4) is 0 Å². The zero-order chi connectivity index (χ0) is 23.4. The van der Waals surface area contributed by atoms with Crippen molar-refractivity contribution in [3.63, 3.8) is 0 Å². The molecule has 5 rings (SSSR count). The van der Waals surface area contributed by atoms with Crippen LogP contribution in [0.2, 0.25) is 0 Å². The molecule has 8 atom stereocenters. The van der Waals surface area contributed by atoms with Crippen LogP contribution >= 0.6 is 0 Å². The molecule has 32 heavy (non-hydrogen) atoms. The zero-order valence-corrected chi connectivity index (χ0v) is 22.9. The molecule has 5 aliphatic rings.